The maximum Gasteiger partial charge on any atom is 0.318 e. The Morgan fingerprint density at radius 1 is 1.50 bits per heavy atom. The van der Waals surface area contributed by atoms with Gasteiger partial charge in [-0.3, -0.25) is 4.79 Å². The Morgan fingerprint density at radius 3 is 2.77 bits per heavy atom. The second kappa shape index (κ2) is 8.57. The predicted octanol–water partition coefficient (Wildman–Crippen LogP) is 0.201. The minimum atomic E-state index is -1.25. The lowest BCUT2D eigenvalue weighted by Gasteiger charge is -2.34. The molecule has 126 valence electrons. The van der Waals surface area contributed by atoms with Crippen molar-refractivity contribution in [2.75, 3.05) is 26.8 Å². The number of nitrogens with zero attached hydrogens (tertiary/aromatic N) is 2. The summed E-state index contributed by atoms with van der Waals surface area (Å²) in [5.41, 5.74) is 4.82. The largest absolute Gasteiger partial charge is 0.399 e. The number of oxime groups is 1. The highest BCUT2D eigenvalue weighted by Gasteiger charge is 2.51. The lowest BCUT2D eigenvalue weighted by atomic mass is 9.91. The number of nitrogens with two attached hydrogens (primary N) is 1. The van der Waals surface area contributed by atoms with Gasteiger partial charge in [0.2, 0.25) is 5.91 Å². The Balaban J connectivity index is 2.88. The van der Waals surface area contributed by atoms with Gasteiger partial charge in [-0.05, 0) is 6.42 Å². The molecule has 3 amide bonds. The van der Waals surface area contributed by atoms with Crippen molar-refractivity contribution >= 4 is 17.6 Å². The Labute approximate surface area is 130 Å². The van der Waals surface area contributed by atoms with E-state index in [1.54, 1.807) is 0 Å². The summed E-state index contributed by atoms with van der Waals surface area (Å²) >= 11 is 0. The Hall–Kier alpha value is -1.83. The van der Waals surface area contributed by atoms with E-state index in [0.717, 1.165) is 19.3 Å². The summed E-state index contributed by atoms with van der Waals surface area (Å²) in [7, 11) is 1.40. The fourth-order valence-corrected chi connectivity index (χ4v) is 2.70. The molecule has 0 aromatic rings. The SMILES string of the molecule is CCCCCNC(=O)N1CC(=NOC)CC1(CCO)C(N)=O. The third-order valence-corrected chi connectivity index (χ3v) is 3.86. The summed E-state index contributed by atoms with van der Waals surface area (Å²) in [5, 5.41) is 15.9. The molecule has 0 aromatic carbocycles. The molecule has 1 saturated heterocycles. The van der Waals surface area contributed by atoms with Crippen LogP contribution in [0.1, 0.15) is 39.0 Å². The van der Waals surface area contributed by atoms with E-state index < -0.39 is 11.4 Å². The monoisotopic (exact) mass is 314 g/mol. The highest BCUT2D eigenvalue weighted by Crippen LogP contribution is 2.31. The van der Waals surface area contributed by atoms with Crippen molar-refractivity contribution < 1.29 is 19.5 Å². The summed E-state index contributed by atoms with van der Waals surface area (Å²) in [6.07, 6.45) is 3.21. The number of hydrogen-bond acceptors (Lipinski definition) is 5. The Kier molecular flexibility index (Phi) is 7.10. The molecule has 0 saturated carbocycles. The first-order chi connectivity index (χ1) is 10.5. The zero-order chi connectivity index (χ0) is 16.6. The number of hydrogen-bond donors (Lipinski definition) is 3. The van der Waals surface area contributed by atoms with Gasteiger partial charge in [0, 0.05) is 26.0 Å². The number of aliphatic hydroxyl groups is 1. The molecular formula is C14H26N4O4. The fraction of sp³-hybridized carbons (Fsp3) is 0.786. The number of rotatable bonds is 8. The minimum Gasteiger partial charge on any atom is -0.399 e. The van der Waals surface area contributed by atoms with Gasteiger partial charge >= 0.3 is 6.03 Å². The standard InChI is InChI=1S/C14H26N4O4/c1-3-4-5-7-16-13(21)18-10-11(17-22-2)9-14(18,6-8-19)12(15)20/h19H,3-10H2,1-2H3,(H2,15,20)(H,16,21). The molecule has 1 aliphatic heterocycles. The number of carbonyl (C=O) groups is 2. The number of unbranched alkanes of at least 4 members (excludes halogenated alkanes) is 2. The van der Waals surface area contributed by atoms with Crippen molar-refractivity contribution in [2.24, 2.45) is 10.9 Å². The maximum atomic E-state index is 12.4. The second-order valence-corrected chi connectivity index (χ2v) is 5.41. The molecule has 1 rings (SSSR count). The van der Waals surface area contributed by atoms with E-state index in [-0.39, 0.29) is 32.0 Å². The summed E-state index contributed by atoms with van der Waals surface area (Å²) < 4.78 is 0. The van der Waals surface area contributed by atoms with E-state index in [9.17, 15) is 14.7 Å². The molecule has 0 bridgehead atoms. The van der Waals surface area contributed by atoms with Gasteiger partial charge in [0.15, 0.2) is 0 Å². The van der Waals surface area contributed by atoms with E-state index in [4.69, 9.17) is 10.6 Å². The molecule has 22 heavy (non-hydrogen) atoms. The summed E-state index contributed by atoms with van der Waals surface area (Å²) in [6.45, 7) is 2.53. The number of urea groups is 1. The van der Waals surface area contributed by atoms with Crippen molar-refractivity contribution in [2.45, 2.75) is 44.6 Å². The first-order valence-corrected chi connectivity index (χ1v) is 7.57. The molecule has 1 unspecified atom stereocenters. The number of aliphatic hydroxyl groups excluding tert-OH is 1. The topological polar surface area (TPSA) is 117 Å². The molecule has 1 aliphatic rings. The molecule has 4 N–H and O–H groups in total. The molecule has 8 nitrogen and oxygen atoms in total. The normalized spacial score (nSPS) is 22.9. The van der Waals surface area contributed by atoms with E-state index >= 15 is 0 Å². The zero-order valence-electron chi connectivity index (χ0n) is 13.3. The molecule has 0 aromatic heterocycles. The zero-order valence-corrected chi connectivity index (χ0v) is 13.3. The van der Waals surface area contributed by atoms with Crippen LogP contribution in [0.2, 0.25) is 0 Å². The van der Waals surface area contributed by atoms with Gasteiger partial charge in [-0.15, -0.1) is 0 Å². The average Bonchev–Trinajstić information content (AvgIpc) is 2.84. The molecule has 1 atom stereocenters. The molecular weight excluding hydrogens is 288 g/mol. The summed E-state index contributed by atoms with van der Waals surface area (Å²) in [4.78, 5) is 30.4. The van der Waals surface area contributed by atoms with Crippen LogP contribution in [-0.4, -0.2) is 60.0 Å². The van der Waals surface area contributed by atoms with Crippen molar-refractivity contribution in [1.82, 2.24) is 10.2 Å². The van der Waals surface area contributed by atoms with Crippen LogP contribution < -0.4 is 11.1 Å². The Bertz CT molecular complexity index is 427. The quantitative estimate of drug-likeness (QED) is 0.438. The van der Waals surface area contributed by atoms with Gasteiger partial charge in [-0.25, -0.2) is 4.79 Å². The average molecular weight is 314 g/mol. The van der Waals surface area contributed by atoms with Gasteiger partial charge in [-0.1, -0.05) is 24.9 Å². The number of nitrogens with one attached hydrogen (secondary N) is 1. The van der Waals surface area contributed by atoms with E-state index in [1.165, 1.54) is 12.0 Å². The van der Waals surface area contributed by atoms with Crippen molar-refractivity contribution in [3.63, 3.8) is 0 Å². The van der Waals surface area contributed by atoms with Crippen LogP contribution in [0, 0.1) is 0 Å². The van der Waals surface area contributed by atoms with Crippen molar-refractivity contribution in [3.8, 4) is 0 Å². The van der Waals surface area contributed by atoms with Crippen molar-refractivity contribution in [3.05, 3.63) is 0 Å². The second-order valence-electron chi connectivity index (χ2n) is 5.41. The van der Waals surface area contributed by atoms with Crippen LogP contribution in [0.4, 0.5) is 4.79 Å². The van der Waals surface area contributed by atoms with E-state index in [0.29, 0.717) is 12.3 Å². The van der Waals surface area contributed by atoms with Crippen LogP contribution in [0.5, 0.6) is 0 Å². The lowest BCUT2D eigenvalue weighted by Crippen LogP contribution is -2.58. The number of amides is 3. The van der Waals surface area contributed by atoms with Crippen LogP contribution in [0.3, 0.4) is 0 Å². The van der Waals surface area contributed by atoms with Gasteiger partial charge in [-0.2, -0.15) is 0 Å². The molecule has 8 heteroatoms. The highest BCUT2D eigenvalue weighted by atomic mass is 16.6. The number of primary amides is 1. The maximum absolute atomic E-state index is 12.4. The van der Waals surface area contributed by atoms with Gasteiger partial charge in [0.05, 0.1) is 12.3 Å². The first kappa shape index (κ1) is 18.2. The third kappa shape index (κ3) is 4.09. The highest BCUT2D eigenvalue weighted by molar-refractivity contribution is 6.03. The van der Waals surface area contributed by atoms with Gasteiger partial charge in [0.25, 0.3) is 0 Å². The smallest absolute Gasteiger partial charge is 0.318 e. The van der Waals surface area contributed by atoms with Gasteiger partial charge < -0.3 is 25.9 Å². The van der Waals surface area contributed by atoms with E-state index in [1.807, 2.05) is 0 Å². The van der Waals surface area contributed by atoms with Crippen molar-refractivity contribution in [1.29, 1.82) is 0 Å². The number of likely N-dealkylation sites (tertiary alicyclic amines) is 1. The summed E-state index contributed by atoms with van der Waals surface area (Å²) in [5.74, 6) is -0.647. The third-order valence-electron chi connectivity index (χ3n) is 3.86. The lowest BCUT2D eigenvalue weighted by molar-refractivity contribution is -0.128. The molecule has 0 aliphatic carbocycles. The van der Waals surface area contributed by atoms with Crippen LogP contribution in [-0.2, 0) is 9.63 Å². The minimum absolute atomic E-state index is 0.0768. The molecule has 0 radical (unpaired) electrons. The molecule has 0 spiro atoms. The summed E-state index contributed by atoms with van der Waals surface area (Å²) in [6, 6.07) is -0.371. The van der Waals surface area contributed by atoms with Crippen LogP contribution in [0.25, 0.3) is 0 Å². The Morgan fingerprint density at radius 2 is 2.23 bits per heavy atom. The molecule has 1 fully saturated rings. The molecule has 1 heterocycles. The van der Waals surface area contributed by atoms with Crippen LogP contribution >= 0.6 is 0 Å². The number of carbonyl (C=O) groups excluding carboxylic acids is 2. The van der Waals surface area contributed by atoms with E-state index in [2.05, 4.69) is 17.4 Å². The van der Waals surface area contributed by atoms with Crippen LogP contribution in [0.15, 0.2) is 5.16 Å². The predicted molar refractivity (Wildman–Crippen MR) is 82.3 cm³/mol. The fourth-order valence-electron chi connectivity index (χ4n) is 2.70. The van der Waals surface area contributed by atoms with Gasteiger partial charge in [0.1, 0.15) is 12.6 Å². The first-order valence-electron chi connectivity index (χ1n) is 7.57.